The first-order chi connectivity index (χ1) is 56.8. The van der Waals surface area contributed by atoms with E-state index in [0.29, 0.717) is 119 Å². The number of carbonyl (C=O) groups is 9. The van der Waals surface area contributed by atoms with Gasteiger partial charge in [-0.05, 0) is 146 Å². The van der Waals surface area contributed by atoms with Crippen LogP contribution in [0, 0.1) is 5.92 Å². The van der Waals surface area contributed by atoms with Crippen molar-refractivity contribution in [1.29, 1.82) is 0 Å². The van der Waals surface area contributed by atoms with Crippen LogP contribution < -0.4 is 33.2 Å². The number of hydroxylamine groups is 2. The SMILES string of the molecule is CC(C)COC(=O)OC(=O)c1ccc2nccnc2c1.CON(C)C(=O)c1ccc2nccnc2c1.NC(=S)Nc1c(Cl)cccc1Cl.Nc1ccc(C(=O)O)cc1N.O=C(O)CCl.O=C(O)c1ccc2nccnc2c1.O=C1CSC(=Nc2c(Cl)cccc2Cl)N1.O=C1CSC(=Nc2c(Cl)cccc2Cl)N1.O=Cc1ccc2nccnc2c1. The van der Waals surface area contributed by atoms with Gasteiger partial charge in [-0.15, -0.1) is 11.6 Å². The predicted molar refractivity (Wildman–Crippen MR) is 467 cm³/mol. The molecular weight excluding hydrogens is 1750 g/mol. The van der Waals surface area contributed by atoms with Crippen molar-refractivity contribution in [3.63, 3.8) is 0 Å². The van der Waals surface area contributed by atoms with Crippen LogP contribution in [0.25, 0.3) is 44.1 Å². The van der Waals surface area contributed by atoms with E-state index >= 15 is 0 Å². The topological polar surface area (TPSA) is 487 Å². The highest BCUT2D eigenvalue weighted by atomic mass is 35.5. The molecule has 616 valence electrons. The van der Waals surface area contributed by atoms with Gasteiger partial charge in [0.05, 0.1) is 133 Å². The Hall–Kier alpha value is -12.1. The van der Waals surface area contributed by atoms with Crippen molar-refractivity contribution in [3.05, 3.63) is 253 Å². The minimum absolute atomic E-state index is 0.0538. The second-order valence-corrected chi connectivity index (χ2v) is 28.3. The number of esters is 1. The molecule has 2 fully saturated rings. The minimum atomic E-state index is -1.00. The van der Waals surface area contributed by atoms with E-state index in [-0.39, 0.29) is 57.9 Å². The Bertz CT molecular complexity index is 5590. The van der Waals surface area contributed by atoms with Crippen molar-refractivity contribution < 1.29 is 72.8 Å². The van der Waals surface area contributed by atoms with E-state index < -0.39 is 30.0 Å². The van der Waals surface area contributed by atoms with Crippen LogP contribution in [-0.2, 0) is 28.7 Å². The van der Waals surface area contributed by atoms with Gasteiger partial charge in [-0.25, -0.2) is 34.2 Å². The summed E-state index contributed by atoms with van der Waals surface area (Å²) in [4.78, 5) is 143. The maximum Gasteiger partial charge on any atom is 0.516 e. The van der Waals surface area contributed by atoms with E-state index in [1.165, 1.54) is 85.5 Å². The highest BCUT2D eigenvalue weighted by molar-refractivity contribution is 8.15. The molecule has 6 heterocycles. The molecule has 2 aliphatic rings. The van der Waals surface area contributed by atoms with Crippen LogP contribution in [0.4, 0.5) is 33.2 Å². The van der Waals surface area contributed by atoms with Crippen molar-refractivity contribution in [3.8, 4) is 0 Å². The summed E-state index contributed by atoms with van der Waals surface area (Å²) in [5, 5.41) is 38.0. The molecule has 0 radical (unpaired) electrons. The molecule has 2 aliphatic heterocycles. The molecule has 0 aliphatic carbocycles. The number of hydrogen-bond acceptors (Lipinski definition) is 27. The number of carboxylic acids is 3. The number of nitrogen functional groups attached to an aromatic ring is 2. The number of thiocarbonyl (C=S) groups is 1. The summed E-state index contributed by atoms with van der Waals surface area (Å²) in [6.07, 6.45) is 12.4. The van der Waals surface area contributed by atoms with Crippen LogP contribution in [0.2, 0.25) is 30.1 Å². The Morgan fingerprint density at radius 2 is 0.908 bits per heavy atom. The lowest BCUT2D eigenvalue weighted by Gasteiger charge is -2.13. The largest absolute Gasteiger partial charge is 0.516 e. The molecule has 8 aromatic carbocycles. The zero-order valence-corrected chi connectivity index (χ0v) is 70.0. The second kappa shape index (κ2) is 49.2. The molecule has 42 heteroatoms. The lowest BCUT2D eigenvalue weighted by Crippen LogP contribution is -2.25. The van der Waals surface area contributed by atoms with Crippen LogP contribution >= 0.6 is 117 Å². The predicted octanol–water partition coefficient (Wildman–Crippen LogP) is 15.8. The summed E-state index contributed by atoms with van der Waals surface area (Å²) in [7, 11) is 3.00. The maximum atomic E-state index is 11.8. The Kier molecular flexibility index (Phi) is 39.6. The average molecular weight is 1810 g/mol. The quantitative estimate of drug-likeness (QED) is 0.0104. The first kappa shape index (κ1) is 95.7. The molecule has 32 nitrogen and oxygen atoms in total. The zero-order chi connectivity index (χ0) is 87.3. The summed E-state index contributed by atoms with van der Waals surface area (Å²) in [5.74, 6) is -3.38. The molecule has 3 amide bonds. The number of aldehydes is 1. The van der Waals surface area contributed by atoms with Gasteiger partial charge in [-0.1, -0.05) is 125 Å². The monoisotopic (exact) mass is 1810 g/mol. The number of carboxylic acid groups (broad SMARTS) is 3. The fourth-order valence-electron chi connectivity index (χ4n) is 8.61. The Morgan fingerprint density at radius 3 is 1.28 bits per heavy atom. The summed E-state index contributed by atoms with van der Waals surface area (Å²) >= 11 is 47.4. The van der Waals surface area contributed by atoms with Gasteiger partial charge in [0, 0.05) is 67.7 Å². The number of thioether (sulfide) groups is 2. The van der Waals surface area contributed by atoms with E-state index in [4.69, 9.17) is 123 Å². The van der Waals surface area contributed by atoms with E-state index in [1.807, 2.05) is 13.8 Å². The number of ether oxygens (including phenoxy) is 2. The first-order valence-corrected chi connectivity index (χ1v) is 38.8. The van der Waals surface area contributed by atoms with Crippen molar-refractivity contribution in [2.75, 3.05) is 54.9 Å². The standard InChI is InChI=1S/C14H14N2O4.C11H11N3O2.2C9H6Cl2N2OS.C9H6N2O2.C9H6N2O.C7H6Cl2N2S.C7H8N2O2.C2H3ClO2/c1-9(2)8-19-14(18)20-13(17)10-3-4-11-12(7-10)16-6-5-15-11;1-14(16-2)11(15)8-3-4-9-10(7-8)13-6-5-12-9;2*10-5-2-1-3-6(11)8(5)13-9-12-7(14)4-15-9;12-9(13)6-1-2-7-8(5-6)11-4-3-10-7;12-6-7-1-2-8-9(5-7)11-4-3-10-8;8-4-2-1-3-5(9)6(4)11-7(10)12;8-5-2-1-4(7(10)11)3-6(5)9;3-1-2(4)5/h3-7,9H,8H2,1-2H3;3-7H,1-2H3;2*1-3H,4H2,(H,12,13,14);1-5H,(H,12,13);1-6H;1-3H,(H3,10,11,12);1-3H,8-9H2,(H,10,11);1H2,(H,4,5). The van der Waals surface area contributed by atoms with Crippen LogP contribution in [0.5, 0.6) is 0 Å². The van der Waals surface area contributed by atoms with Crippen molar-refractivity contribution >= 4 is 259 Å². The number of fused-ring (bicyclic) bond motifs is 4. The number of para-hydroxylation sites is 3. The molecule has 12 aromatic rings. The Labute approximate surface area is 725 Å². The van der Waals surface area contributed by atoms with Gasteiger partial charge >= 0.3 is 30.0 Å². The third-order valence-electron chi connectivity index (χ3n) is 14.2. The summed E-state index contributed by atoms with van der Waals surface area (Å²) in [5.41, 5.74) is 25.5. The summed E-state index contributed by atoms with van der Waals surface area (Å²) in [6.45, 7) is 3.98. The highest BCUT2D eigenvalue weighted by Crippen LogP contribution is 2.36. The molecule has 0 spiro atoms. The van der Waals surface area contributed by atoms with Crippen molar-refractivity contribution in [2.45, 2.75) is 13.8 Å². The van der Waals surface area contributed by atoms with Gasteiger partial charge in [0.1, 0.15) is 23.5 Å². The van der Waals surface area contributed by atoms with Crippen LogP contribution in [0.3, 0.4) is 0 Å². The normalized spacial score (nSPS) is 12.0. The molecule has 119 heavy (non-hydrogen) atoms. The number of alkyl halides is 1. The number of hydrogen-bond donors (Lipinski definition) is 9. The van der Waals surface area contributed by atoms with Crippen molar-refractivity contribution in [1.82, 2.24) is 55.6 Å². The first-order valence-electron chi connectivity index (χ1n) is 33.6. The number of aromatic carboxylic acids is 2. The second-order valence-electron chi connectivity index (χ2n) is 23.2. The lowest BCUT2D eigenvalue weighted by molar-refractivity contribution is -0.134. The number of amidine groups is 2. The summed E-state index contributed by atoms with van der Waals surface area (Å²) in [6, 6.07) is 39.4. The number of rotatable bonds is 12. The molecule has 4 aromatic heterocycles. The number of aromatic nitrogens is 8. The lowest BCUT2D eigenvalue weighted by atomic mass is 10.2. The molecule has 0 atom stereocenters. The van der Waals surface area contributed by atoms with E-state index in [2.05, 4.69) is 82.8 Å². The van der Waals surface area contributed by atoms with Gasteiger partial charge in [-0.3, -0.25) is 68.7 Å². The number of nitrogens with two attached hydrogens (primary N) is 3. The smallest absolute Gasteiger partial charge is 0.480 e. The maximum absolute atomic E-state index is 11.8. The highest BCUT2D eigenvalue weighted by Gasteiger charge is 2.21. The molecular formula is C77H66Cl7N17O15S3. The van der Waals surface area contributed by atoms with Gasteiger partial charge in [0.25, 0.3) is 5.91 Å². The number of nitrogens with zero attached hydrogens (tertiary/aromatic N) is 11. The number of benzene rings is 8. The summed E-state index contributed by atoms with van der Waals surface area (Å²) < 4.78 is 9.36. The van der Waals surface area contributed by atoms with E-state index in [1.54, 1.807) is 147 Å². The molecule has 0 bridgehead atoms. The number of carbonyl (C=O) groups excluding carboxylic acids is 6. The van der Waals surface area contributed by atoms with Crippen LogP contribution in [0.15, 0.2) is 205 Å². The number of aliphatic carboxylic acids is 1. The molecule has 12 N–H and O–H groups in total. The van der Waals surface area contributed by atoms with Gasteiger partial charge in [0.2, 0.25) is 11.8 Å². The number of aliphatic imine (C=N–C) groups is 2. The molecule has 2 saturated heterocycles. The van der Waals surface area contributed by atoms with E-state index in [9.17, 15) is 43.2 Å². The Balaban J connectivity index is 0.000000210. The average Bonchev–Trinajstić information content (AvgIpc) is 1.40. The zero-order valence-electron chi connectivity index (χ0n) is 62.2. The third-order valence-corrected chi connectivity index (χ3v) is 18.1. The Morgan fingerprint density at radius 1 is 0.546 bits per heavy atom. The fraction of sp³-hybridized carbons (Fsp3) is 0.117. The number of anilines is 3. The van der Waals surface area contributed by atoms with Gasteiger partial charge in [-0.2, -0.15) is 0 Å². The third kappa shape index (κ3) is 32.4. The van der Waals surface area contributed by atoms with E-state index in [0.717, 1.165) is 27.9 Å². The molecule has 14 rings (SSSR count). The van der Waals surface area contributed by atoms with Gasteiger partial charge < -0.3 is 57.9 Å². The number of amides is 3. The molecule has 0 saturated carbocycles. The molecule has 0 unspecified atom stereocenters. The minimum Gasteiger partial charge on any atom is -0.480 e. The number of nitrogens with one attached hydrogen (secondary N) is 3. The number of halogens is 7. The van der Waals surface area contributed by atoms with Crippen molar-refractivity contribution in [2.24, 2.45) is 21.6 Å². The fourth-order valence-corrected chi connectivity index (χ4v) is 11.5. The van der Waals surface area contributed by atoms with Crippen LogP contribution in [0.1, 0.15) is 65.6 Å². The van der Waals surface area contributed by atoms with Gasteiger partial charge in [0.15, 0.2) is 15.4 Å². The van der Waals surface area contributed by atoms with Crippen LogP contribution in [-0.4, -0.2) is 168 Å².